The monoisotopic (exact) mass is 404 g/mol. The van der Waals surface area contributed by atoms with E-state index in [0.29, 0.717) is 11.1 Å². The summed E-state index contributed by atoms with van der Waals surface area (Å²) in [4.78, 5) is -0.562. The number of nitrogens with zero attached hydrogens (tertiary/aromatic N) is 4. The molecule has 3 aromatic rings. The van der Waals surface area contributed by atoms with Gasteiger partial charge in [0.05, 0.1) is 5.69 Å². The van der Waals surface area contributed by atoms with Gasteiger partial charge in [-0.1, -0.05) is 45.0 Å². The molecule has 0 atom stereocenters. The summed E-state index contributed by atoms with van der Waals surface area (Å²) in [6.07, 6.45) is 0. The van der Waals surface area contributed by atoms with Crippen LogP contribution in [0.4, 0.5) is 11.4 Å². The Morgan fingerprint density at radius 3 is 2.29 bits per heavy atom. The number of phenolic OH excluding ortho intramolecular Hbond substituents is 1. The third-order valence-corrected chi connectivity index (χ3v) is 5.10. The van der Waals surface area contributed by atoms with Gasteiger partial charge < -0.3 is 10.2 Å². The number of aryl methyl sites for hydroxylation is 1. The maximum absolute atomic E-state index is 12.0. The van der Waals surface area contributed by atoms with E-state index in [1.165, 1.54) is 23.9 Å². The van der Waals surface area contributed by atoms with Gasteiger partial charge in [0, 0.05) is 17.8 Å². The van der Waals surface area contributed by atoms with Gasteiger partial charge in [0.25, 0.3) is 10.1 Å². The highest BCUT2D eigenvalue weighted by Crippen LogP contribution is 2.43. The fourth-order valence-corrected chi connectivity index (χ4v) is 3.70. The summed E-state index contributed by atoms with van der Waals surface area (Å²) in [5.74, 6) is -0.738. The van der Waals surface area contributed by atoms with Gasteiger partial charge >= 0.3 is 0 Å². The Morgan fingerprint density at radius 1 is 1.07 bits per heavy atom. The van der Waals surface area contributed by atoms with Gasteiger partial charge in [-0.05, 0) is 11.5 Å². The minimum atomic E-state index is -4.73. The third kappa shape index (κ3) is 3.43. The average Bonchev–Trinajstić information content (AvgIpc) is 2.86. The second kappa shape index (κ2) is 6.57. The molecule has 0 radical (unpaired) electrons. The molecule has 0 aliphatic heterocycles. The maximum atomic E-state index is 12.0. The molecule has 0 fully saturated rings. The Kier molecular flexibility index (Phi) is 4.64. The molecule has 0 spiro atoms. The zero-order valence-corrected chi connectivity index (χ0v) is 16.6. The molecule has 0 saturated heterocycles. The Hall–Kier alpha value is -2.98. The number of azo groups is 1. The SMILES string of the molecule is Cn1nc(C(C)(C)C)c(N=Nc2c(O)cc3ccccc3c2S(=O)(=O)O)c1O. The number of hydrogen-bond acceptors (Lipinski definition) is 7. The van der Waals surface area contributed by atoms with Crippen LogP contribution in [-0.2, 0) is 22.6 Å². The number of aromatic nitrogens is 2. The Balaban J connectivity index is 2.29. The van der Waals surface area contributed by atoms with Gasteiger partial charge in [0.2, 0.25) is 5.88 Å². The second-order valence-electron chi connectivity index (χ2n) is 7.36. The number of benzene rings is 2. The van der Waals surface area contributed by atoms with E-state index in [1.807, 2.05) is 20.8 Å². The smallest absolute Gasteiger partial charge is 0.297 e. The van der Waals surface area contributed by atoms with Crippen molar-refractivity contribution in [1.29, 1.82) is 0 Å². The summed E-state index contributed by atoms with van der Waals surface area (Å²) in [5, 5.41) is 33.2. The fraction of sp³-hybridized carbons (Fsp3) is 0.278. The first kappa shape index (κ1) is 19.8. The van der Waals surface area contributed by atoms with E-state index in [2.05, 4.69) is 15.3 Å². The minimum absolute atomic E-state index is 0.0452. The summed E-state index contributed by atoms with van der Waals surface area (Å²) in [6, 6.07) is 7.67. The van der Waals surface area contributed by atoms with Crippen LogP contribution in [0.3, 0.4) is 0 Å². The van der Waals surface area contributed by atoms with Gasteiger partial charge in [-0.2, -0.15) is 13.5 Å². The normalized spacial score (nSPS) is 12.9. The van der Waals surface area contributed by atoms with E-state index < -0.39 is 31.9 Å². The van der Waals surface area contributed by atoms with Gasteiger partial charge in [-0.3, -0.25) is 4.55 Å². The number of hydrogen-bond donors (Lipinski definition) is 3. The van der Waals surface area contributed by atoms with Crippen LogP contribution in [0.1, 0.15) is 26.5 Å². The lowest BCUT2D eigenvalue weighted by Gasteiger charge is -2.15. The van der Waals surface area contributed by atoms with Crippen LogP contribution in [0, 0.1) is 0 Å². The number of aromatic hydroxyl groups is 2. The lowest BCUT2D eigenvalue weighted by molar-refractivity contribution is 0.419. The molecule has 3 N–H and O–H groups in total. The summed E-state index contributed by atoms with van der Waals surface area (Å²) >= 11 is 0. The molecule has 0 saturated carbocycles. The van der Waals surface area contributed by atoms with E-state index in [1.54, 1.807) is 18.2 Å². The van der Waals surface area contributed by atoms with Crippen LogP contribution >= 0.6 is 0 Å². The molecule has 0 amide bonds. The first-order chi connectivity index (χ1) is 12.9. The van der Waals surface area contributed by atoms with Crippen molar-refractivity contribution < 1.29 is 23.2 Å². The fourth-order valence-electron chi connectivity index (χ4n) is 2.85. The van der Waals surface area contributed by atoms with Crippen molar-refractivity contribution in [2.75, 3.05) is 0 Å². The van der Waals surface area contributed by atoms with Gasteiger partial charge in [0.1, 0.15) is 16.3 Å². The van der Waals surface area contributed by atoms with Crippen molar-refractivity contribution in [2.24, 2.45) is 17.3 Å². The van der Waals surface area contributed by atoms with E-state index in [0.717, 1.165) is 0 Å². The van der Waals surface area contributed by atoms with Crippen LogP contribution < -0.4 is 0 Å². The van der Waals surface area contributed by atoms with Gasteiger partial charge in [-0.15, -0.1) is 10.2 Å². The highest BCUT2D eigenvalue weighted by atomic mass is 32.2. The Morgan fingerprint density at radius 2 is 1.68 bits per heavy atom. The zero-order chi connectivity index (χ0) is 20.9. The first-order valence-electron chi connectivity index (χ1n) is 8.31. The molecular formula is C18H20N4O5S. The van der Waals surface area contributed by atoms with Crippen LogP contribution in [-0.4, -0.2) is 33.0 Å². The topological polar surface area (TPSA) is 137 Å². The predicted molar refractivity (Wildman–Crippen MR) is 103 cm³/mol. The summed E-state index contributed by atoms with van der Waals surface area (Å²) in [6.45, 7) is 5.60. The molecule has 1 aromatic heterocycles. The lowest BCUT2D eigenvalue weighted by atomic mass is 9.91. The third-order valence-electron chi connectivity index (χ3n) is 4.17. The molecule has 3 rings (SSSR count). The van der Waals surface area contributed by atoms with Crippen molar-refractivity contribution >= 4 is 32.3 Å². The quantitative estimate of drug-likeness (QED) is 0.446. The first-order valence-corrected chi connectivity index (χ1v) is 9.75. The molecule has 0 unspecified atom stereocenters. The van der Waals surface area contributed by atoms with Crippen LogP contribution in [0.25, 0.3) is 10.8 Å². The Labute approximate surface area is 161 Å². The highest BCUT2D eigenvalue weighted by Gasteiger charge is 2.27. The summed E-state index contributed by atoms with van der Waals surface area (Å²) < 4.78 is 35.0. The standard InChI is InChI=1S/C18H20N4O5S/c1-18(2,3)16-14(17(24)22(4)21-16)20-19-13-12(23)9-10-7-5-6-8-11(10)15(13)28(25,26)27/h5-9,23-24H,1-4H3,(H,25,26,27). The molecule has 148 valence electrons. The van der Waals surface area contributed by atoms with Crippen LogP contribution in [0.15, 0.2) is 45.5 Å². The largest absolute Gasteiger partial charge is 0.506 e. The summed E-state index contributed by atoms with van der Waals surface area (Å²) in [5.41, 5.74) is -0.428. The van der Waals surface area contributed by atoms with Crippen LogP contribution in [0.5, 0.6) is 11.6 Å². The number of rotatable bonds is 3. The lowest BCUT2D eigenvalue weighted by Crippen LogP contribution is -2.12. The number of phenols is 1. The maximum Gasteiger partial charge on any atom is 0.297 e. The molecule has 9 nitrogen and oxygen atoms in total. The average molecular weight is 404 g/mol. The predicted octanol–water partition coefficient (Wildman–Crippen LogP) is 3.94. The van der Waals surface area contributed by atoms with E-state index in [-0.39, 0.29) is 17.0 Å². The van der Waals surface area contributed by atoms with Gasteiger partial charge in [0.15, 0.2) is 5.69 Å². The zero-order valence-electron chi connectivity index (χ0n) is 15.7. The second-order valence-corrected chi connectivity index (χ2v) is 8.72. The number of fused-ring (bicyclic) bond motifs is 1. The van der Waals surface area contributed by atoms with Crippen molar-refractivity contribution in [3.05, 3.63) is 36.0 Å². The van der Waals surface area contributed by atoms with Crippen molar-refractivity contribution in [3.8, 4) is 11.6 Å². The van der Waals surface area contributed by atoms with E-state index in [4.69, 9.17) is 0 Å². The van der Waals surface area contributed by atoms with Crippen LogP contribution in [0.2, 0.25) is 0 Å². The molecule has 0 aliphatic carbocycles. The molecule has 28 heavy (non-hydrogen) atoms. The molecule has 0 bridgehead atoms. The molecule has 0 aliphatic rings. The molecule has 2 aromatic carbocycles. The van der Waals surface area contributed by atoms with Gasteiger partial charge in [-0.25, -0.2) is 4.68 Å². The van der Waals surface area contributed by atoms with Crippen molar-refractivity contribution in [3.63, 3.8) is 0 Å². The van der Waals surface area contributed by atoms with Crippen molar-refractivity contribution in [1.82, 2.24) is 9.78 Å². The van der Waals surface area contributed by atoms with E-state index >= 15 is 0 Å². The summed E-state index contributed by atoms with van der Waals surface area (Å²) in [7, 11) is -3.20. The highest BCUT2D eigenvalue weighted by molar-refractivity contribution is 7.86. The molecule has 10 heteroatoms. The molecule has 1 heterocycles. The van der Waals surface area contributed by atoms with Crippen molar-refractivity contribution in [2.45, 2.75) is 31.1 Å². The van der Waals surface area contributed by atoms with E-state index in [9.17, 15) is 23.2 Å². The Bertz CT molecular complexity index is 1210. The minimum Gasteiger partial charge on any atom is -0.506 e. The molecular weight excluding hydrogens is 384 g/mol.